The number of hydrogen-bond donors (Lipinski definition) is 3. The molecule has 0 spiro atoms. The van der Waals surface area contributed by atoms with E-state index >= 15 is 0 Å². The van der Waals surface area contributed by atoms with E-state index < -0.39 is 29.9 Å². The number of benzene rings is 1. The Bertz CT molecular complexity index is 701. The van der Waals surface area contributed by atoms with E-state index in [-0.39, 0.29) is 12.2 Å². The summed E-state index contributed by atoms with van der Waals surface area (Å²) >= 11 is 0. The highest BCUT2D eigenvalue weighted by molar-refractivity contribution is 5.72. The minimum Gasteiger partial charge on any atom is -0.480 e. The van der Waals surface area contributed by atoms with E-state index in [1.165, 1.54) is 24.3 Å². The fourth-order valence-electron chi connectivity index (χ4n) is 2.28. The second-order valence-corrected chi connectivity index (χ2v) is 6.01. The normalized spacial score (nSPS) is 15.9. The van der Waals surface area contributed by atoms with Crippen LogP contribution in [0.4, 0.5) is 18.0 Å². The van der Waals surface area contributed by atoms with Crippen LogP contribution in [-0.2, 0) is 21.8 Å². The SMILES string of the molecule is N[C@@H](CCCCNC(=O)OCc1ccc(C2(C(F)(F)F)N=N2)cc1)C(=O)O. The highest BCUT2D eigenvalue weighted by Gasteiger charge is 2.65. The summed E-state index contributed by atoms with van der Waals surface area (Å²) in [5, 5.41) is 17.3. The van der Waals surface area contributed by atoms with E-state index in [1.54, 1.807) is 0 Å². The number of carboxylic acids is 1. The van der Waals surface area contributed by atoms with Crippen LogP contribution in [0.25, 0.3) is 0 Å². The topological polar surface area (TPSA) is 126 Å². The third kappa shape index (κ3) is 5.39. The molecule has 148 valence electrons. The van der Waals surface area contributed by atoms with Crippen molar-refractivity contribution in [3.05, 3.63) is 35.4 Å². The van der Waals surface area contributed by atoms with Crippen LogP contribution in [0.1, 0.15) is 30.4 Å². The predicted octanol–water partition coefficient (Wildman–Crippen LogP) is 2.68. The Hall–Kier alpha value is -2.69. The largest absolute Gasteiger partial charge is 0.480 e. The van der Waals surface area contributed by atoms with Gasteiger partial charge >= 0.3 is 23.9 Å². The number of unbranched alkanes of at least 4 members (excludes halogenated alkanes) is 1. The molecule has 0 saturated heterocycles. The number of nitrogens with zero attached hydrogens (tertiary/aromatic N) is 2. The molecule has 0 aliphatic carbocycles. The Morgan fingerprint density at radius 1 is 1.22 bits per heavy atom. The number of carbonyl (C=O) groups excluding carboxylic acids is 1. The number of rotatable bonds is 9. The van der Waals surface area contributed by atoms with Crippen LogP contribution in [0.3, 0.4) is 0 Å². The fraction of sp³-hybridized carbons (Fsp3) is 0.500. The summed E-state index contributed by atoms with van der Waals surface area (Å²) in [6.07, 6.45) is -3.89. The van der Waals surface area contributed by atoms with Crippen LogP contribution in [-0.4, -0.2) is 35.9 Å². The Labute approximate surface area is 152 Å². The van der Waals surface area contributed by atoms with Gasteiger partial charge in [-0.3, -0.25) is 4.79 Å². The summed E-state index contributed by atoms with van der Waals surface area (Å²) in [5.74, 6) is -1.07. The lowest BCUT2D eigenvalue weighted by molar-refractivity contribution is -0.166. The fourth-order valence-corrected chi connectivity index (χ4v) is 2.28. The van der Waals surface area contributed by atoms with Gasteiger partial charge in [0.05, 0.1) is 0 Å². The van der Waals surface area contributed by atoms with Crippen LogP contribution in [0, 0.1) is 0 Å². The Morgan fingerprint density at radius 2 is 1.85 bits per heavy atom. The van der Waals surface area contributed by atoms with E-state index in [9.17, 15) is 22.8 Å². The Morgan fingerprint density at radius 3 is 2.37 bits per heavy atom. The minimum absolute atomic E-state index is 0.0947. The maximum Gasteiger partial charge on any atom is 0.442 e. The zero-order valence-corrected chi connectivity index (χ0v) is 14.2. The molecule has 2 rings (SSSR count). The average molecular weight is 388 g/mol. The molecule has 1 aromatic carbocycles. The number of amides is 1. The van der Waals surface area contributed by atoms with E-state index in [4.69, 9.17) is 15.6 Å². The second kappa shape index (κ2) is 8.33. The summed E-state index contributed by atoms with van der Waals surface area (Å²) in [5.41, 5.74) is 3.30. The number of alkyl halides is 3. The van der Waals surface area contributed by atoms with Gasteiger partial charge in [0.25, 0.3) is 0 Å². The maximum atomic E-state index is 12.9. The molecule has 0 fully saturated rings. The maximum absolute atomic E-state index is 12.9. The van der Waals surface area contributed by atoms with E-state index in [1.807, 2.05) is 0 Å². The van der Waals surface area contributed by atoms with Crippen LogP contribution in [0.15, 0.2) is 34.5 Å². The lowest BCUT2D eigenvalue weighted by Crippen LogP contribution is -2.30. The number of nitrogens with two attached hydrogens (primary N) is 1. The molecule has 1 amide bonds. The molecule has 0 saturated carbocycles. The average Bonchev–Trinajstić information content (AvgIpc) is 3.41. The number of nitrogens with one attached hydrogen (secondary N) is 1. The van der Waals surface area contributed by atoms with Gasteiger partial charge in [-0.25, -0.2) is 4.79 Å². The van der Waals surface area contributed by atoms with Gasteiger partial charge in [-0.2, -0.15) is 13.2 Å². The van der Waals surface area contributed by atoms with Gasteiger partial charge in [0.15, 0.2) is 0 Å². The van der Waals surface area contributed by atoms with E-state index in [0.29, 0.717) is 31.4 Å². The van der Waals surface area contributed by atoms with Crippen molar-refractivity contribution in [1.29, 1.82) is 0 Å². The van der Waals surface area contributed by atoms with Crippen LogP contribution in [0.5, 0.6) is 0 Å². The predicted molar refractivity (Wildman–Crippen MR) is 86.7 cm³/mol. The smallest absolute Gasteiger partial charge is 0.442 e. The van der Waals surface area contributed by atoms with Gasteiger partial charge in [0.1, 0.15) is 12.6 Å². The van der Waals surface area contributed by atoms with Gasteiger partial charge in [0, 0.05) is 12.1 Å². The van der Waals surface area contributed by atoms with Crippen LogP contribution in [0.2, 0.25) is 0 Å². The minimum atomic E-state index is -4.58. The van der Waals surface area contributed by atoms with Gasteiger partial charge in [-0.05, 0) is 24.8 Å². The molecule has 1 aliphatic heterocycles. The van der Waals surface area contributed by atoms with Crippen molar-refractivity contribution in [3.8, 4) is 0 Å². The number of ether oxygens (including phenoxy) is 1. The molecule has 4 N–H and O–H groups in total. The third-order valence-corrected chi connectivity index (χ3v) is 3.95. The Kier molecular flexibility index (Phi) is 6.37. The van der Waals surface area contributed by atoms with E-state index in [2.05, 4.69) is 15.5 Å². The summed E-state index contributed by atoms with van der Waals surface area (Å²) < 4.78 is 43.6. The first kappa shape index (κ1) is 20.6. The van der Waals surface area contributed by atoms with Crippen molar-refractivity contribution in [2.24, 2.45) is 16.0 Å². The van der Waals surface area contributed by atoms with Gasteiger partial charge in [-0.15, -0.1) is 10.2 Å². The van der Waals surface area contributed by atoms with E-state index in [0.717, 1.165) is 0 Å². The lowest BCUT2D eigenvalue weighted by Gasteiger charge is -2.15. The molecule has 11 heteroatoms. The van der Waals surface area contributed by atoms with Crippen molar-refractivity contribution >= 4 is 12.1 Å². The number of carboxylic acid groups (broad SMARTS) is 1. The summed E-state index contributed by atoms with van der Waals surface area (Å²) in [7, 11) is 0. The first-order chi connectivity index (χ1) is 12.7. The molecule has 1 aliphatic rings. The second-order valence-electron chi connectivity index (χ2n) is 6.01. The molecule has 1 heterocycles. The molecule has 0 radical (unpaired) electrons. The number of hydrogen-bond acceptors (Lipinski definition) is 6. The molecule has 0 bridgehead atoms. The molecule has 1 aromatic rings. The highest BCUT2D eigenvalue weighted by atomic mass is 19.4. The van der Waals surface area contributed by atoms with Gasteiger partial charge < -0.3 is 20.9 Å². The standard InChI is InChI=1S/C16H19F3N4O4/c17-16(18,19)15(22-23-15)11-6-4-10(5-7-11)9-27-14(26)21-8-2-1-3-12(20)13(24)25/h4-7,12H,1-3,8-9,20H2,(H,21,26)(H,24,25)/t12-/m0/s1. The Balaban J connectivity index is 1.68. The van der Waals surface area contributed by atoms with Gasteiger partial charge in [0.2, 0.25) is 0 Å². The van der Waals surface area contributed by atoms with Crippen molar-refractivity contribution in [3.63, 3.8) is 0 Å². The quantitative estimate of drug-likeness (QED) is 0.561. The zero-order valence-electron chi connectivity index (χ0n) is 14.2. The molecular formula is C16H19F3N4O4. The molecule has 1 atom stereocenters. The summed E-state index contributed by atoms with van der Waals surface area (Å²) in [6, 6.07) is 4.39. The number of carbonyl (C=O) groups is 2. The third-order valence-electron chi connectivity index (χ3n) is 3.95. The van der Waals surface area contributed by atoms with Crippen molar-refractivity contribution < 1.29 is 32.6 Å². The summed E-state index contributed by atoms with van der Waals surface area (Å²) in [6.45, 7) is 0.185. The first-order valence-corrected chi connectivity index (χ1v) is 8.15. The number of alkyl carbamates (subject to hydrolysis) is 1. The lowest BCUT2D eigenvalue weighted by atomic mass is 10.0. The monoisotopic (exact) mass is 388 g/mol. The molecule has 27 heavy (non-hydrogen) atoms. The van der Waals surface area contributed by atoms with Crippen molar-refractivity contribution in [2.75, 3.05) is 6.54 Å². The number of halogens is 3. The molecule has 0 aromatic heterocycles. The molecule has 8 nitrogen and oxygen atoms in total. The highest BCUT2D eigenvalue weighted by Crippen LogP contribution is 2.52. The molecular weight excluding hydrogens is 369 g/mol. The summed E-state index contributed by atoms with van der Waals surface area (Å²) in [4.78, 5) is 22.1. The zero-order chi connectivity index (χ0) is 20.1. The van der Waals surface area contributed by atoms with Crippen LogP contribution >= 0.6 is 0 Å². The van der Waals surface area contributed by atoms with Gasteiger partial charge in [-0.1, -0.05) is 24.3 Å². The van der Waals surface area contributed by atoms with Crippen LogP contribution < -0.4 is 11.1 Å². The van der Waals surface area contributed by atoms with Crippen molar-refractivity contribution in [1.82, 2.24) is 5.32 Å². The first-order valence-electron chi connectivity index (χ1n) is 8.15. The molecule has 0 unspecified atom stereocenters. The number of aliphatic carboxylic acids is 1. The van der Waals surface area contributed by atoms with Crippen molar-refractivity contribution in [2.45, 2.75) is 43.8 Å².